The van der Waals surface area contributed by atoms with E-state index < -0.39 is 0 Å². The highest BCUT2D eigenvalue weighted by atomic mass is 32.1. The summed E-state index contributed by atoms with van der Waals surface area (Å²) in [5, 5.41) is 2.93. The van der Waals surface area contributed by atoms with E-state index in [2.05, 4.69) is 21.3 Å². The van der Waals surface area contributed by atoms with Gasteiger partial charge in [-0.2, -0.15) is 0 Å². The molecule has 1 unspecified atom stereocenters. The van der Waals surface area contributed by atoms with Crippen LogP contribution in [0.2, 0.25) is 0 Å². The van der Waals surface area contributed by atoms with Crippen molar-refractivity contribution in [3.8, 4) is 5.75 Å². The Balaban J connectivity index is 1.73. The molecule has 0 aromatic heterocycles. The number of nitrogens with zero attached hydrogens (tertiary/aromatic N) is 2. The van der Waals surface area contributed by atoms with E-state index in [0.717, 1.165) is 36.5 Å². The van der Waals surface area contributed by atoms with Crippen molar-refractivity contribution in [2.75, 3.05) is 20.2 Å². The van der Waals surface area contributed by atoms with Gasteiger partial charge in [-0.25, -0.2) is 4.99 Å². The number of carbonyl (C=O) groups excluding carboxylic acids is 1. The number of amides is 1. The maximum Gasteiger partial charge on any atom is 0.236 e. The summed E-state index contributed by atoms with van der Waals surface area (Å²) < 4.78 is 5.38. The largest absolute Gasteiger partial charge is 0.496 e. The minimum Gasteiger partial charge on any atom is -0.496 e. The lowest BCUT2D eigenvalue weighted by molar-refractivity contribution is -0.122. The lowest BCUT2D eigenvalue weighted by Gasteiger charge is -2.35. The number of nitrogens with one attached hydrogen (secondary N) is 1. The van der Waals surface area contributed by atoms with Gasteiger partial charge in [-0.15, -0.1) is 0 Å². The van der Waals surface area contributed by atoms with Crippen LogP contribution in [0.25, 0.3) is 0 Å². The van der Waals surface area contributed by atoms with Crippen molar-refractivity contribution < 1.29 is 9.53 Å². The second kappa shape index (κ2) is 5.91. The fourth-order valence-electron chi connectivity index (χ4n) is 2.84. The van der Waals surface area contributed by atoms with E-state index in [1.165, 1.54) is 0 Å². The molecule has 0 aliphatic carbocycles. The van der Waals surface area contributed by atoms with Gasteiger partial charge in [0.2, 0.25) is 5.91 Å². The number of rotatable bonds is 3. The summed E-state index contributed by atoms with van der Waals surface area (Å²) in [6.07, 6.45) is 0.785. The fourth-order valence-corrected chi connectivity index (χ4v) is 3.06. The van der Waals surface area contributed by atoms with Gasteiger partial charge in [-0.05, 0) is 24.7 Å². The van der Waals surface area contributed by atoms with E-state index in [1.807, 2.05) is 18.2 Å². The van der Waals surface area contributed by atoms with Gasteiger partial charge in [0, 0.05) is 30.9 Å². The molecule has 2 heterocycles. The first-order valence-corrected chi connectivity index (χ1v) is 7.34. The van der Waals surface area contributed by atoms with E-state index in [-0.39, 0.29) is 11.8 Å². The Hall–Kier alpha value is -1.79. The standard InChI is InChI=1S/C15H17N3O2S/c1-20-13-5-3-2-4-10(13)8-18-7-6-12-11(9-18)14(19)17-15(21)16-12/h2-5,11H,6-9H2,1H3,(H,17,19,21). The summed E-state index contributed by atoms with van der Waals surface area (Å²) >= 11 is 4.97. The van der Waals surface area contributed by atoms with Crippen LogP contribution in [0.15, 0.2) is 29.3 Å². The molecule has 1 aromatic rings. The summed E-state index contributed by atoms with van der Waals surface area (Å²) in [5.41, 5.74) is 2.05. The summed E-state index contributed by atoms with van der Waals surface area (Å²) in [4.78, 5) is 18.6. The molecule has 2 aliphatic heterocycles. The Bertz CT molecular complexity index is 615. The van der Waals surface area contributed by atoms with Gasteiger partial charge in [-0.1, -0.05) is 18.2 Å². The highest BCUT2D eigenvalue weighted by Gasteiger charge is 2.34. The molecule has 1 fully saturated rings. The topological polar surface area (TPSA) is 53.9 Å². The zero-order valence-corrected chi connectivity index (χ0v) is 12.7. The van der Waals surface area contributed by atoms with E-state index >= 15 is 0 Å². The predicted molar refractivity (Wildman–Crippen MR) is 84.6 cm³/mol. The van der Waals surface area contributed by atoms with Gasteiger partial charge in [0.1, 0.15) is 5.75 Å². The first-order chi connectivity index (χ1) is 10.2. The number of aliphatic imine (C=N–C) groups is 1. The maximum atomic E-state index is 12.0. The molecule has 21 heavy (non-hydrogen) atoms. The Morgan fingerprint density at radius 2 is 2.29 bits per heavy atom. The molecule has 0 spiro atoms. The van der Waals surface area contributed by atoms with Gasteiger partial charge in [0.05, 0.1) is 13.0 Å². The molecule has 1 aromatic carbocycles. The lowest BCUT2D eigenvalue weighted by Crippen LogP contribution is -2.51. The molecule has 0 saturated carbocycles. The number of hydrogen-bond acceptors (Lipinski definition) is 4. The Morgan fingerprint density at radius 3 is 3.10 bits per heavy atom. The molecule has 1 saturated heterocycles. The number of fused-ring (bicyclic) bond motifs is 1. The number of thiocarbonyl (C=S) groups is 1. The maximum absolute atomic E-state index is 12.0. The van der Waals surface area contributed by atoms with Crippen molar-refractivity contribution in [1.82, 2.24) is 10.2 Å². The second-order valence-electron chi connectivity index (χ2n) is 5.25. The SMILES string of the molecule is COc1ccccc1CN1CCC2=NC(=S)NC(=O)C2C1. The van der Waals surface area contributed by atoms with Crippen LogP contribution >= 0.6 is 12.2 Å². The van der Waals surface area contributed by atoms with Gasteiger partial charge in [0.15, 0.2) is 5.11 Å². The number of ether oxygens (including phenoxy) is 1. The molecule has 1 atom stereocenters. The van der Waals surface area contributed by atoms with Crippen LogP contribution in [0.3, 0.4) is 0 Å². The average Bonchev–Trinajstić information content (AvgIpc) is 2.48. The number of benzene rings is 1. The first-order valence-electron chi connectivity index (χ1n) is 6.94. The van der Waals surface area contributed by atoms with Crippen LogP contribution < -0.4 is 10.1 Å². The van der Waals surface area contributed by atoms with E-state index in [1.54, 1.807) is 7.11 Å². The number of hydrogen-bond donors (Lipinski definition) is 1. The molecule has 3 rings (SSSR count). The molecule has 1 N–H and O–H groups in total. The third kappa shape index (κ3) is 2.96. The normalized spacial score (nSPS) is 22.3. The summed E-state index contributed by atoms with van der Waals surface area (Å²) in [6, 6.07) is 7.97. The van der Waals surface area contributed by atoms with Crippen LogP contribution in [-0.2, 0) is 11.3 Å². The van der Waals surface area contributed by atoms with Crippen molar-refractivity contribution >= 4 is 28.9 Å². The molecule has 0 bridgehead atoms. The molecular formula is C15H17N3O2S. The highest BCUT2D eigenvalue weighted by Crippen LogP contribution is 2.23. The van der Waals surface area contributed by atoms with Crippen molar-refractivity contribution in [3.63, 3.8) is 0 Å². The zero-order valence-electron chi connectivity index (χ0n) is 11.8. The summed E-state index contributed by atoms with van der Waals surface area (Å²) in [7, 11) is 1.68. The molecule has 2 aliphatic rings. The van der Waals surface area contributed by atoms with Crippen molar-refractivity contribution in [3.05, 3.63) is 29.8 Å². The monoisotopic (exact) mass is 303 g/mol. The Kier molecular flexibility index (Phi) is 3.98. The number of methoxy groups -OCH3 is 1. The van der Waals surface area contributed by atoms with Crippen LogP contribution in [-0.4, -0.2) is 41.8 Å². The number of para-hydroxylation sites is 1. The van der Waals surface area contributed by atoms with Gasteiger partial charge >= 0.3 is 0 Å². The third-order valence-electron chi connectivity index (χ3n) is 3.91. The van der Waals surface area contributed by atoms with Gasteiger partial charge in [-0.3, -0.25) is 9.69 Å². The lowest BCUT2D eigenvalue weighted by atomic mass is 9.93. The van der Waals surface area contributed by atoms with Crippen molar-refractivity contribution in [1.29, 1.82) is 0 Å². The average molecular weight is 303 g/mol. The zero-order chi connectivity index (χ0) is 14.8. The quantitative estimate of drug-likeness (QED) is 0.857. The van der Waals surface area contributed by atoms with E-state index in [4.69, 9.17) is 17.0 Å². The van der Waals surface area contributed by atoms with Crippen LogP contribution in [0, 0.1) is 5.92 Å². The second-order valence-corrected chi connectivity index (χ2v) is 5.63. The number of likely N-dealkylation sites (tertiary alicyclic amines) is 1. The molecular weight excluding hydrogens is 286 g/mol. The molecule has 1 amide bonds. The molecule has 6 heteroatoms. The predicted octanol–water partition coefficient (Wildman–Crippen LogP) is 1.37. The van der Waals surface area contributed by atoms with E-state index in [9.17, 15) is 4.79 Å². The van der Waals surface area contributed by atoms with Crippen molar-refractivity contribution in [2.24, 2.45) is 10.9 Å². The first kappa shape index (κ1) is 14.2. The van der Waals surface area contributed by atoms with Crippen LogP contribution in [0.1, 0.15) is 12.0 Å². The summed E-state index contributed by atoms with van der Waals surface area (Å²) in [5.74, 6) is 0.668. The van der Waals surface area contributed by atoms with Crippen molar-refractivity contribution in [2.45, 2.75) is 13.0 Å². The van der Waals surface area contributed by atoms with Gasteiger partial charge < -0.3 is 10.1 Å². The fraction of sp³-hybridized carbons (Fsp3) is 0.400. The minimum absolute atomic E-state index is 0.0327. The molecule has 110 valence electrons. The van der Waals surface area contributed by atoms with Gasteiger partial charge in [0.25, 0.3) is 0 Å². The van der Waals surface area contributed by atoms with Crippen LogP contribution in [0.4, 0.5) is 0 Å². The number of piperidine rings is 1. The van der Waals surface area contributed by atoms with E-state index in [0.29, 0.717) is 11.7 Å². The van der Waals surface area contributed by atoms with Crippen LogP contribution in [0.5, 0.6) is 5.75 Å². The summed E-state index contributed by atoms with van der Waals surface area (Å²) in [6.45, 7) is 2.32. The third-order valence-corrected chi connectivity index (χ3v) is 4.10. The minimum atomic E-state index is -0.180. The molecule has 0 radical (unpaired) electrons. The highest BCUT2D eigenvalue weighted by molar-refractivity contribution is 7.80. The Morgan fingerprint density at radius 1 is 1.48 bits per heavy atom. The smallest absolute Gasteiger partial charge is 0.236 e. The Labute approximate surface area is 129 Å². The number of carbonyl (C=O) groups is 1. The molecule has 5 nitrogen and oxygen atoms in total.